The summed E-state index contributed by atoms with van der Waals surface area (Å²) >= 11 is 0. The number of amides is 1. The summed E-state index contributed by atoms with van der Waals surface area (Å²) in [5.41, 5.74) is 0.520. The fraction of sp³-hybridized carbons (Fsp3) is 0.643. The summed E-state index contributed by atoms with van der Waals surface area (Å²) in [6.07, 6.45) is 3.11. The standard InChI is InChI=1S/C14H21N3O3/c1-9-8-11(16-17(9)3)12(18)15-14(2)7-5-4-6-10(14)13(19)20/h8,10H,4-7H2,1-3H3,(H,15,18)(H,19,20). The normalized spacial score (nSPS) is 26.2. The van der Waals surface area contributed by atoms with E-state index in [1.54, 1.807) is 17.8 Å². The number of carbonyl (C=O) groups excluding carboxylic acids is 1. The van der Waals surface area contributed by atoms with Gasteiger partial charge in [0.1, 0.15) is 5.69 Å². The molecule has 1 saturated carbocycles. The topological polar surface area (TPSA) is 84.2 Å². The minimum atomic E-state index is -0.843. The number of nitrogens with zero attached hydrogens (tertiary/aromatic N) is 2. The lowest BCUT2D eigenvalue weighted by atomic mass is 9.74. The van der Waals surface area contributed by atoms with E-state index in [1.807, 2.05) is 13.8 Å². The lowest BCUT2D eigenvalue weighted by Gasteiger charge is -2.39. The molecule has 2 rings (SSSR count). The fourth-order valence-electron chi connectivity index (χ4n) is 2.87. The molecule has 1 aliphatic carbocycles. The van der Waals surface area contributed by atoms with Crippen LogP contribution in [0.25, 0.3) is 0 Å². The van der Waals surface area contributed by atoms with Crippen LogP contribution in [0.1, 0.15) is 48.8 Å². The highest BCUT2D eigenvalue weighted by atomic mass is 16.4. The van der Waals surface area contributed by atoms with Crippen molar-refractivity contribution >= 4 is 11.9 Å². The second-order valence-electron chi connectivity index (χ2n) is 5.80. The van der Waals surface area contributed by atoms with Crippen molar-refractivity contribution in [2.45, 2.75) is 45.1 Å². The Balaban J connectivity index is 2.17. The average molecular weight is 279 g/mol. The van der Waals surface area contributed by atoms with Gasteiger partial charge >= 0.3 is 5.97 Å². The maximum absolute atomic E-state index is 12.3. The van der Waals surface area contributed by atoms with Crippen LogP contribution in [-0.2, 0) is 11.8 Å². The molecule has 2 N–H and O–H groups in total. The van der Waals surface area contributed by atoms with Gasteiger partial charge in [0, 0.05) is 12.7 Å². The van der Waals surface area contributed by atoms with Crippen LogP contribution < -0.4 is 5.32 Å². The lowest BCUT2D eigenvalue weighted by molar-refractivity contribution is -0.145. The van der Waals surface area contributed by atoms with Gasteiger partial charge in [-0.05, 0) is 32.8 Å². The van der Waals surface area contributed by atoms with Gasteiger partial charge in [-0.1, -0.05) is 12.8 Å². The van der Waals surface area contributed by atoms with Crippen LogP contribution in [0.2, 0.25) is 0 Å². The predicted molar refractivity (Wildman–Crippen MR) is 73.4 cm³/mol. The first-order valence-corrected chi connectivity index (χ1v) is 6.89. The summed E-state index contributed by atoms with van der Waals surface area (Å²) in [5.74, 6) is -1.68. The zero-order valence-electron chi connectivity index (χ0n) is 12.1. The summed E-state index contributed by atoms with van der Waals surface area (Å²) < 4.78 is 1.63. The highest BCUT2D eigenvalue weighted by Gasteiger charge is 2.42. The molecule has 6 heteroatoms. The van der Waals surface area contributed by atoms with Crippen molar-refractivity contribution in [2.24, 2.45) is 13.0 Å². The molecule has 1 aromatic heterocycles. The van der Waals surface area contributed by atoms with Crippen LogP contribution in [0, 0.1) is 12.8 Å². The van der Waals surface area contributed by atoms with Crippen LogP contribution in [0.15, 0.2) is 6.07 Å². The van der Waals surface area contributed by atoms with Gasteiger partial charge in [0.15, 0.2) is 0 Å². The molecule has 1 heterocycles. The quantitative estimate of drug-likeness (QED) is 0.878. The van der Waals surface area contributed by atoms with E-state index in [-0.39, 0.29) is 5.91 Å². The van der Waals surface area contributed by atoms with Crippen molar-refractivity contribution in [3.05, 3.63) is 17.5 Å². The van der Waals surface area contributed by atoms with Gasteiger partial charge in [-0.2, -0.15) is 5.10 Å². The molecule has 0 bridgehead atoms. The third-order valence-corrected chi connectivity index (χ3v) is 4.25. The number of aromatic nitrogens is 2. The molecule has 1 amide bonds. The number of hydrogen-bond acceptors (Lipinski definition) is 3. The molecule has 20 heavy (non-hydrogen) atoms. The highest BCUT2D eigenvalue weighted by molar-refractivity contribution is 5.93. The van der Waals surface area contributed by atoms with Crippen molar-refractivity contribution < 1.29 is 14.7 Å². The van der Waals surface area contributed by atoms with Crippen molar-refractivity contribution in [2.75, 3.05) is 0 Å². The molecule has 1 fully saturated rings. The first kappa shape index (κ1) is 14.6. The van der Waals surface area contributed by atoms with E-state index in [2.05, 4.69) is 10.4 Å². The van der Waals surface area contributed by atoms with E-state index in [0.717, 1.165) is 18.5 Å². The second kappa shape index (κ2) is 5.26. The molecule has 0 spiro atoms. The molecule has 0 radical (unpaired) electrons. The van der Waals surface area contributed by atoms with Crippen molar-refractivity contribution in [1.82, 2.24) is 15.1 Å². The number of aliphatic carboxylic acids is 1. The van der Waals surface area contributed by atoms with Gasteiger partial charge in [-0.15, -0.1) is 0 Å². The minimum Gasteiger partial charge on any atom is -0.481 e. The van der Waals surface area contributed by atoms with E-state index in [0.29, 0.717) is 18.5 Å². The summed E-state index contributed by atoms with van der Waals surface area (Å²) in [4.78, 5) is 23.6. The van der Waals surface area contributed by atoms with Gasteiger partial charge in [0.05, 0.1) is 11.5 Å². The number of carboxylic acids is 1. The number of carbonyl (C=O) groups is 2. The lowest BCUT2D eigenvalue weighted by Crippen LogP contribution is -2.55. The van der Waals surface area contributed by atoms with Crippen LogP contribution in [-0.4, -0.2) is 32.3 Å². The first-order valence-electron chi connectivity index (χ1n) is 6.89. The SMILES string of the molecule is Cc1cc(C(=O)NC2(C)CCCCC2C(=O)O)nn1C. The molecule has 1 aliphatic rings. The smallest absolute Gasteiger partial charge is 0.308 e. The Bertz CT molecular complexity index is 518. The fourth-order valence-corrected chi connectivity index (χ4v) is 2.87. The van der Waals surface area contributed by atoms with Crippen LogP contribution in [0.3, 0.4) is 0 Å². The van der Waals surface area contributed by atoms with Crippen LogP contribution in [0.5, 0.6) is 0 Å². The molecular weight excluding hydrogens is 258 g/mol. The number of nitrogens with one attached hydrogen (secondary N) is 1. The maximum Gasteiger partial charge on any atom is 0.308 e. The molecule has 6 nitrogen and oxygen atoms in total. The third-order valence-electron chi connectivity index (χ3n) is 4.25. The van der Waals surface area contributed by atoms with Crippen molar-refractivity contribution in [3.63, 3.8) is 0 Å². The van der Waals surface area contributed by atoms with Gasteiger partial charge in [-0.3, -0.25) is 14.3 Å². The predicted octanol–water partition coefficient (Wildman–Crippen LogP) is 1.49. The highest BCUT2D eigenvalue weighted by Crippen LogP contribution is 2.34. The minimum absolute atomic E-state index is 0.302. The zero-order chi connectivity index (χ0) is 14.9. The van der Waals surface area contributed by atoms with E-state index < -0.39 is 17.4 Å². The van der Waals surface area contributed by atoms with Crippen molar-refractivity contribution in [3.8, 4) is 0 Å². The monoisotopic (exact) mass is 279 g/mol. The molecule has 110 valence electrons. The van der Waals surface area contributed by atoms with Gasteiger partial charge < -0.3 is 10.4 Å². The Hall–Kier alpha value is -1.85. The largest absolute Gasteiger partial charge is 0.481 e. The van der Waals surface area contributed by atoms with Gasteiger partial charge in [-0.25, -0.2) is 0 Å². The van der Waals surface area contributed by atoms with E-state index in [4.69, 9.17) is 0 Å². The van der Waals surface area contributed by atoms with Crippen LogP contribution >= 0.6 is 0 Å². The summed E-state index contributed by atoms with van der Waals surface area (Å²) in [5, 5.41) is 16.4. The number of hydrogen-bond donors (Lipinski definition) is 2. The summed E-state index contributed by atoms with van der Waals surface area (Å²) in [6, 6.07) is 1.71. The maximum atomic E-state index is 12.3. The summed E-state index contributed by atoms with van der Waals surface area (Å²) in [7, 11) is 1.77. The van der Waals surface area contributed by atoms with E-state index in [9.17, 15) is 14.7 Å². The Morgan fingerprint density at radius 3 is 2.75 bits per heavy atom. The molecule has 2 atom stereocenters. The van der Waals surface area contributed by atoms with E-state index >= 15 is 0 Å². The summed E-state index contributed by atoms with van der Waals surface area (Å²) in [6.45, 7) is 3.69. The van der Waals surface area contributed by atoms with Crippen molar-refractivity contribution in [1.29, 1.82) is 0 Å². The number of carboxylic acid groups (broad SMARTS) is 1. The average Bonchev–Trinajstić information content (AvgIpc) is 2.69. The van der Waals surface area contributed by atoms with Gasteiger partial charge in [0.25, 0.3) is 5.91 Å². The Labute approximate surface area is 118 Å². The number of rotatable bonds is 3. The second-order valence-corrected chi connectivity index (χ2v) is 5.80. The third kappa shape index (κ3) is 2.69. The number of aryl methyl sites for hydroxylation is 2. The van der Waals surface area contributed by atoms with Crippen LogP contribution in [0.4, 0.5) is 0 Å². The Kier molecular flexibility index (Phi) is 3.83. The molecular formula is C14H21N3O3. The zero-order valence-corrected chi connectivity index (χ0v) is 12.1. The molecule has 2 unspecified atom stereocenters. The molecule has 0 aromatic carbocycles. The first-order chi connectivity index (χ1) is 9.33. The molecule has 0 aliphatic heterocycles. The van der Waals surface area contributed by atoms with E-state index in [1.165, 1.54) is 0 Å². The Morgan fingerprint density at radius 2 is 2.20 bits per heavy atom. The molecule has 0 saturated heterocycles. The van der Waals surface area contributed by atoms with Gasteiger partial charge in [0.2, 0.25) is 0 Å². The molecule has 1 aromatic rings. The Morgan fingerprint density at radius 1 is 1.50 bits per heavy atom.